The largest absolute Gasteiger partial charge is 0.298 e. The number of benzene rings is 3. The lowest BCUT2D eigenvalue weighted by molar-refractivity contribution is -0.126. The molecule has 2 nitrogen and oxygen atoms in total. The topological polar surface area (TPSA) is 34.1 Å². The lowest BCUT2D eigenvalue weighted by Gasteiger charge is -2.20. The van der Waals surface area contributed by atoms with E-state index in [0.29, 0.717) is 0 Å². The summed E-state index contributed by atoms with van der Waals surface area (Å²) in [7, 11) is 0. The molecular formula is C22H14O2. The molecule has 0 radical (unpaired) electrons. The van der Waals surface area contributed by atoms with E-state index in [9.17, 15) is 9.59 Å². The molecule has 0 aromatic heterocycles. The lowest BCUT2D eigenvalue weighted by atomic mass is 9.82. The van der Waals surface area contributed by atoms with Crippen molar-refractivity contribution in [1.29, 1.82) is 0 Å². The zero-order chi connectivity index (χ0) is 16.3. The number of Topliss-reactive ketones (excluding diaryl/α,β-unsaturated/α-hetero) is 1. The average Bonchev–Trinajstić information content (AvgIpc) is 2.56. The fraction of sp³-hybridized carbons (Fsp3) is 0.0909. The molecule has 0 bridgehead atoms. The van der Waals surface area contributed by atoms with Gasteiger partial charge in [0, 0.05) is 0 Å². The molecule has 3 aromatic rings. The van der Waals surface area contributed by atoms with Gasteiger partial charge in [-0.05, 0) is 74.0 Å². The van der Waals surface area contributed by atoms with Gasteiger partial charge < -0.3 is 0 Å². The second kappa shape index (κ2) is 4.75. The van der Waals surface area contributed by atoms with E-state index >= 15 is 0 Å². The summed E-state index contributed by atoms with van der Waals surface area (Å²) in [5, 5.41) is 6.91. The molecule has 3 aromatic carbocycles. The Kier molecular flexibility index (Phi) is 2.66. The van der Waals surface area contributed by atoms with Crippen LogP contribution in [0.4, 0.5) is 0 Å². The molecule has 2 aliphatic carbocycles. The fourth-order valence-corrected chi connectivity index (χ4v) is 3.77. The van der Waals surface area contributed by atoms with E-state index in [2.05, 4.69) is 36.4 Å². The molecule has 0 aliphatic heterocycles. The van der Waals surface area contributed by atoms with Gasteiger partial charge in [-0.1, -0.05) is 30.3 Å². The van der Waals surface area contributed by atoms with Gasteiger partial charge in [-0.2, -0.15) is 0 Å². The maximum atomic E-state index is 12.2. The zero-order valence-corrected chi connectivity index (χ0v) is 13.0. The SMILES string of the molecule is O=C1C=C2C=c3cc4cc5ccccc5cc4cc3=CC2C(=O)C1. The van der Waals surface area contributed by atoms with E-state index in [-0.39, 0.29) is 23.9 Å². The molecule has 1 atom stereocenters. The third-order valence-electron chi connectivity index (χ3n) is 4.96. The number of hydrogen-bond acceptors (Lipinski definition) is 2. The molecule has 24 heavy (non-hydrogen) atoms. The van der Waals surface area contributed by atoms with E-state index in [0.717, 1.165) is 16.0 Å². The third kappa shape index (κ3) is 1.96. The average molecular weight is 310 g/mol. The minimum absolute atomic E-state index is 0.00184. The number of hydrogen-bond donors (Lipinski definition) is 0. The van der Waals surface area contributed by atoms with Crippen molar-refractivity contribution in [2.75, 3.05) is 0 Å². The van der Waals surface area contributed by atoms with Crippen LogP contribution in [-0.4, -0.2) is 11.6 Å². The normalized spacial score (nSPS) is 19.3. The summed E-state index contributed by atoms with van der Waals surface area (Å²) in [6.45, 7) is 0. The number of carbonyl (C=O) groups is 2. The van der Waals surface area contributed by atoms with Crippen molar-refractivity contribution >= 4 is 45.3 Å². The Morgan fingerprint density at radius 1 is 0.750 bits per heavy atom. The quantitative estimate of drug-likeness (QED) is 0.472. The molecule has 2 aliphatic rings. The van der Waals surface area contributed by atoms with Gasteiger partial charge in [0.25, 0.3) is 0 Å². The van der Waals surface area contributed by atoms with Crippen LogP contribution in [0.25, 0.3) is 33.7 Å². The van der Waals surface area contributed by atoms with Crippen LogP contribution in [0.15, 0.2) is 60.2 Å². The number of allylic oxidation sites excluding steroid dienone is 2. The number of carbonyl (C=O) groups excluding carboxylic acids is 2. The van der Waals surface area contributed by atoms with Crippen molar-refractivity contribution in [1.82, 2.24) is 0 Å². The van der Waals surface area contributed by atoms with Crippen LogP contribution < -0.4 is 10.4 Å². The predicted octanol–water partition coefficient (Wildman–Crippen LogP) is 2.65. The molecule has 2 heteroatoms. The van der Waals surface area contributed by atoms with Crippen LogP contribution in [0, 0.1) is 5.92 Å². The number of rotatable bonds is 0. The fourth-order valence-electron chi connectivity index (χ4n) is 3.77. The molecule has 0 amide bonds. The minimum atomic E-state index is -0.270. The standard InChI is InChI=1S/C22H14O2/c23-20-10-19-9-17-7-15-5-13-3-1-2-4-14(13)6-16(15)8-18(17)11-21(19)22(24)12-20/h1-11,21H,12H2. The maximum absolute atomic E-state index is 12.2. The summed E-state index contributed by atoms with van der Waals surface area (Å²) in [6, 6.07) is 17.0. The van der Waals surface area contributed by atoms with Crippen LogP contribution in [0.2, 0.25) is 0 Å². The summed E-state index contributed by atoms with van der Waals surface area (Å²) in [5.74, 6) is -0.364. The summed E-state index contributed by atoms with van der Waals surface area (Å²) in [5.41, 5.74) is 0.823. The van der Waals surface area contributed by atoms with E-state index in [1.54, 1.807) is 6.08 Å². The first-order valence-corrected chi connectivity index (χ1v) is 8.11. The maximum Gasteiger partial charge on any atom is 0.163 e. The van der Waals surface area contributed by atoms with Gasteiger partial charge in [0.2, 0.25) is 0 Å². The van der Waals surface area contributed by atoms with Gasteiger partial charge in [0.1, 0.15) is 0 Å². The Bertz CT molecular complexity index is 1210. The Morgan fingerprint density at radius 2 is 1.42 bits per heavy atom. The molecule has 5 rings (SSSR count). The van der Waals surface area contributed by atoms with Crippen molar-refractivity contribution in [2.45, 2.75) is 6.42 Å². The highest BCUT2D eigenvalue weighted by Crippen LogP contribution is 2.25. The van der Waals surface area contributed by atoms with Crippen LogP contribution in [-0.2, 0) is 9.59 Å². The van der Waals surface area contributed by atoms with Crippen LogP contribution in [0.3, 0.4) is 0 Å². The molecule has 1 unspecified atom stereocenters. The van der Waals surface area contributed by atoms with Gasteiger partial charge in [0.15, 0.2) is 11.6 Å². The van der Waals surface area contributed by atoms with Crippen molar-refractivity contribution in [3.8, 4) is 0 Å². The van der Waals surface area contributed by atoms with Gasteiger partial charge in [-0.15, -0.1) is 0 Å². The molecule has 0 heterocycles. The van der Waals surface area contributed by atoms with E-state index in [4.69, 9.17) is 0 Å². The van der Waals surface area contributed by atoms with Crippen molar-refractivity contribution in [3.05, 3.63) is 70.6 Å². The zero-order valence-electron chi connectivity index (χ0n) is 13.0. The first-order valence-electron chi connectivity index (χ1n) is 8.11. The Morgan fingerprint density at radius 3 is 2.12 bits per heavy atom. The molecule has 0 fully saturated rings. The lowest BCUT2D eigenvalue weighted by Crippen LogP contribution is -2.34. The van der Waals surface area contributed by atoms with Crippen LogP contribution in [0.5, 0.6) is 0 Å². The highest BCUT2D eigenvalue weighted by Gasteiger charge is 2.27. The van der Waals surface area contributed by atoms with Gasteiger partial charge >= 0.3 is 0 Å². The third-order valence-corrected chi connectivity index (χ3v) is 4.96. The smallest absolute Gasteiger partial charge is 0.163 e. The number of fused-ring (bicyclic) bond motifs is 4. The van der Waals surface area contributed by atoms with E-state index < -0.39 is 0 Å². The van der Waals surface area contributed by atoms with Gasteiger partial charge in [0.05, 0.1) is 12.3 Å². The minimum Gasteiger partial charge on any atom is -0.298 e. The molecule has 0 N–H and O–H groups in total. The predicted molar refractivity (Wildman–Crippen MR) is 95.8 cm³/mol. The van der Waals surface area contributed by atoms with Gasteiger partial charge in [-0.25, -0.2) is 0 Å². The van der Waals surface area contributed by atoms with E-state index in [1.165, 1.54) is 21.5 Å². The molecule has 114 valence electrons. The Hall–Kier alpha value is -3.00. The summed E-state index contributed by atoms with van der Waals surface area (Å²) < 4.78 is 0. The molecule has 0 spiro atoms. The van der Waals surface area contributed by atoms with Gasteiger partial charge in [-0.3, -0.25) is 9.59 Å². The number of ketones is 2. The molecule has 0 saturated heterocycles. The monoisotopic (exact) mass is 310 g/mol. The van der Waals surface area contributed by atoms with Crippen LogP contribution >= 0.6 is 0 Å². The molecular weight excluding hydrogens is 296 g/mol. The Labute approximate surface area is 138 Å². The second-order valence-electron chi connectivity index (χ2n) is 6.57. The summed E-state index contributed by atoms with van der Waals surface area (Å²) in [6.07, 6.45) is 5.64. The van der Waals surface area contributed by atoms with Crippen molar-refractivity contribution < 1.29 is 9.59 Å². The molecule has 0 saturated carbocycles. The first-order chi connectivity index (χ1) is 11.7. The highest BCUT2D eigenvalue weighted by atomic mass is 16.1. The van der Waals surface area contributed by atoms with Crippen molar-refractivity contribution in [2.24, 2.45) is 5.92 Å². The highest BCUT2D eigenvalue weighted by molar-refractivity contribution is 6.13. The summed E-state index contributed by atoms with van der Waals surface area (Å²) in [4.78, 5) is 23.8. The summed E-state index contributed by atoms with van der Waals surface area (Å²) >= 11 is 0. The first kappa shape index (κ1) is 13.4. The van der Waals surface area contributed by atoms with Crippen LogP contribution in [0.1, 0.15) is 6.42 Å². The van der Waals surface area contributed by atoms with E-state index in [1.807, 2.05) is 24.3 Å². The second-order valence-corrected chi connectivity index (χ2v) is 6.57. The van der Waals surface area contributed by atoms with Crippen molar-refractivity contribution in [3.63, 3.8) is 0 Å². The Balaban J connectivity index is 1.84.